The molecule has 2 heterocycles. The lowest BCUT2D eigenvalue weighted by molar-refractivity contribution is 0.0911. The van der Waals surface area contributed by atoms with Crippen molar-refractivity contribution in [2.24, 2.45) is 0 Å². The number of hydrogen-bond acceptors (Lipinski definition) is 4. The van der Waals surface area contributed by atoms with Gasteiger partial charge in [0.15, 0.2) is 5.69 Å². The molecule has 110 valence electrons. The first-order chi connectivity index (χ1) is 9.60. The van der Waals surface area contributed by atoms with Crippen molar-refractivity contribution in [2.75, 3.05) is 26.7 Å². The molecule has 1 amide bonds. The number of hydrogen-bond donors (Lipinski definition) is 1. The predicted molar refractivity (Wildman–Crippen MR) is 78.4 cm³/mol. The van der Waals surface area contributed by atoms with Crippen LogP contribution in [0.1, 0.15) is 30.3 Å². The molecule has 20 heavy (non-hydrogen) atoms. The average molecular weight is 298 g/mol. The van der Waals surface area contributed by atoms with Crippen molar-refractivity contribution < 1.29 is 9.53 Å². The van der Waals surface area contributed by atoms with Crippen LogP contribution in [-0.2, 0) is 0 Å². The number of pyridine rings is 1. The van der Waals surface area contributed by atoms with Crippen molar-refractivity contribution in [3.05, 3.63) is 22.8 Å². The van der Waals surface area contributed by atoms with E-state index in [4.69, 9.17) is 16.3 Å². The normalized spacial score (nSPS) is 16.9. The SMILES string of the molecule is CCOc1ccc(Cl)c(C(=O)NC2CCN(C)CC2)n1. The van der Waals surface area contributed by atoms with Gasteiger partial charge in [0.05, 0.1) is 11.6 Å². The molecule has 1 fully saturated rings. The maximum atomic E-state index is 12.2. The van der Waals surface area contributed by atoms with Gasteiger partial charge in [0.2, 0.25) is 5.88 Å². The highest BCUT2D eigenvalue weighted by atomic mass is 35.5. The van der Waals surface area contributed by atoms with Gasteiger partial charge in [-0.2, -0.15) is 0 Å². The van der Waals surface area contributed by atoms with Gasteiger partial charge in [0.1, 0.15) is 0 Å². The molecule has 1 aromatic heterocycles. The molecule has 1 aromatic rings. The van der Waals surface area contributed by atoms with Gasteiger partial charge < -0.3 is 15.0 Å². The molecule has 1 saturated heterocycles. The van der Waals surface area contributed by atoms with E-state index in [0.717, 1.165) is 25.9 Å². The molecule has 1 N–H and O–H groups in total. The first kappa shape index (κ1) is 15.1. The first-order valence-corrected chi connectivity index (χ1v) is 7.26. The molecule has 0 saturated carbocycles. The van der Waals surface area contributed by atoms with Crippen LogP contribution in [-0.4, -0.2) is 48.6 Å². The summed E-state index contributed by atoms with van der Waals surface area (Å²) in [7, 11) is 2.09. The van der Waals surface area contributed by atoms with Gasteiger partial charge in [0, 0.05) is 12.1 Å². The summed E-state index contributed by atoms with van der Waals surface area (Å²) in [4.78, 5) is 18.7. The van der Waals surface area contributed by atoms with Crippen molar-refractivity contribution in [2.45, 2.75) is 25.8 Å². The molecule has 2 rings (SSSR count). The number of rotatable bonds is 4. The maximum Gasteiger partial charge on any atom is 0.271 e. The molecule has 0 unspecified atom stereocenters. The molecular weight excluding hydrogens is 278 g/mol. The Kier molecular flexibility index (Phi) is 5.20. The van der Waals surface area contributed by atoms with Crippen LogP contribution in [0.25, 0.3) is 0 Å². The van der Waals surface area contributed by atoms with E-state index in [1.54, 1.807) is 12.1 Å². The molecule has 0 aliphatic carbocycles. The minimum atomic E-state index is -0.230. The lowest BCUT2D eigenvalue weighted by Crippen LogP contribution is -2.43. The zero-order valence-corrected chi connectivity index (χ0v) is 12.6. The number of carbonyl (C=O) groups excluding carboxylic acids is 1. The summed E-state index contributed by atoms with van der Waals surface area (Å²) in [5, 5.41) is 3.34. The molecule has 0 aromatic carbocycles. The van der Waals surface area contributed by atoms with Crippen molar-refractivity contribution in [3.8, 4) is 5.88 Å². The van der Waals surface area contributed by atoms with E-state index < -0.39 is 0 Å². The number of nitrogens with zero attached hydrogens (tertiary/aromatic N) is 2. The molecule has 0 atom stereocenters. The number of likely N-dealkylation sites (tertiary alicyclic amines) is 1. The Morgan fingerprint density at radius 2 is 2.20 bits per heavy atom. The molecule has 1 aliphatic rings. The van der Waals surface area contributed by atoms with Gasteiger partial charge in [-0.15, -0.1) is 0 Å². The number of halogens is 1. The minimum absolute atomic E-state index is 0.187. The fourth-order valence-corrected chi connectivity index (χ4v) is 2.41. The molecule has 6 heteroatoms. The Labute approximate surface area is 124 Å². The van der Waals surface area contributed by atoms with E-state index >= 15 is 0 Å². The van der Waals surface area contributed by atoms with Crippen molar-refractivity contribution >= 4 is 17.5 Å². The molecule has 1 aliphatic heterocycles. The zero-order chi connectivity index (χ0) is 14.5. The molecule has 5 nitrogen and oxygen atoms in total. The Hall–Kier alpha value is -1.33. The van der Waals surface area contributed by atoms with Crippen LogP contribution in [0.2, 0.25) is 5.02 Å². The summed E-state index contributed by atoms with van der Waals surface area (Å²) >= 11 is 6.04. The highest BCUT2D eigenvalue weighted by Crippen LogP contribution is 2.19. The third-order valence-electron chi connectivity index (χ3n) is 3.38. The summed E-state index contributed by atoms with van der Waals surface area (Å²) < 4.78 is 5.30. The molecular formula is C14H20ClN3O2. The standard InChI is InChI=1S/C14H20ClN3O2/c1-3-20-12-5-4-11(15)13(17-12)14(19)16-10-6-8-18(2)9-7-10/h4-5,10H,3,6-9H2,1-2H3,(H,16,19). The van der Waals surface area contributed by atoms with Gasteiger partial charge in [0.25, 0.3) is 5.91 Å². The van der Waals surface area contributed by atoms with Crippen LogP contribution in [0, 0.1) is 0 Å². The van der Waals surface area contributed by atoms with Gasteiger partial charge >= 0.3 is 0 Å². The summed E-state index contributed by atoms with van der Waals surface area (Å²) in [6, 6.07) is 3.49. The van der Waals surface area contributed by atoms with E-state index in [0.29, 0.717) is 17.5 Å². The van der Waals surface area contributed by atoms with Crippen LogP contribution in [0.5, 0.6) is 5.88 Å². The second kappa shape index (κ2) is 6.90. The smallest absolute Gasteiger partial charge is 0.271 e. The Morgan fingerprint density at radius 1 is 1.50 bits per heavy atom. The van der Waals surface area contributed by atoms with E-state index in [1.165, 1.54) is 0 Å². The first-order valence-electron chi connectivity index (χ1n) is 6.89. The third kappa shape index (κ3) is 3.84. The number of ether oxygens (including phenoxy) is 1. The Balaban J connectivity index is 2.03. The number of amides is 1. The molecule has 0 radical (unpaired) electrons. The van der Waals surface area contributed by atoms with Gasteiger partial charge in [-0.05, 0) is 46.0 Å². The number of carbonyl (C=O) groups is 1. The van der Waals surface area contributed by atoms with Crippen molar-refractivity contribution in [3.63, 3.8) is 0 Å². The zero-order valence-electron chi connectivity index (χ0n) is 11.9. The maximum absolute atomic E-state index is 12.2. The minimum Gasteiger partial charge on any atom is -0.478 e. The largest absolute Gasteiger partial charge is 0.478 e. The monoisotopic (exact) mass is 297 g/mol. The lowest BCUT2D eigenvalue weighted by atomic mass is 10.1. The van der Waals surface area contributed by atoms with Crippen molar-refractivity contribution in [1.29, 1.82) is 0 Å². The van der Waals surface area contributed by atoms with E-state index in [9.17, 15) is 4.79 Å². The van der Waals surface area contributed by atoms with E-state index in [-0.39, 0.29) is 17.6 Å². The highest BCUT2D eigenvalue weighted by Gasteiger charge is 2.21. The fraction of sp³-hybridized carbons (Fsp3) is 0.571. The topological polar surface area (TPSA) is 54.5 Å². The summed E-state index contributed by atoms with van der Waals surface area (Å²) in [6.45, 7) is 4.36. The lowest BCUT2D eigenvalue weighted by Gasteiger charge is -2.29. The molecule has 0 spiro atoms. The van der Waals surface area contributed by atoms with Gasteiger partial charge in [-0.25, -0.2) is 4.98 Å². The van der Waals surface area contributed by atoms with Crippen molar-refractivity contribution in [1.82, 2.24) is 15.2 Å². The van der Waals surface area contributed by atoms with Crippen LogP contribution >= 0.6 is 11.6 Å². The third-order valence-corrected chi connectivity index (χ3v) is 3.69. The van der Waals surface area contributed by atoms with Crippen LogP contribution in [0.4, 0.5) is 0 Å². The number of piperidine rings is 1. The van der Waals surface area contributed by atoms with Crippen LogP contribution in [0.15, 0.2) is 12.1 Å². The number of nitrogens with one attached hydrogen (secondary N) is 1. The van der Waals surface area contributed by atoms with Crippen LogP contribution in [0.3, 0.4) is 0 Å². The van der Waals surface area contributed by atoms with Gasteiger partial charge in [-0.3, -0.25) is 4.79 Å². The number of aromatic nitrogens is 1. The van der Waals surface area contributed by atoms with Crippen LogP contribution < -0.4 is 10.1 Å². The Morgan fingerprint density at radius 3 is 2.85 bits per heavy atom. The second-order valence-electron chi connectivity index (χ2n) is 4.96. The van der Waals surface area contributed by atoms with Gasteiger partial charge in [-0.1, -0.05) is 11.6 Å². The van der Waals surface area contributed by atoms with E-state index in [1.807, 2.05) is 6.92 Å². The summed E-state index contributed by atoms with van der Waals surface area (Å²) in [5.74, 6) is 0.191. The fourth-order valence-electron chi connectivity index (χ4n) is 2.22. The highest BCUT2D eigenvalue weighted by molar-refractivity contribution is 6.33. The quantitative estimate of drug-likeness (QED) is 0.923. The molecule has 0 bridgehead atoms. The second-order valence-corrected chi connectivity index (χ2v) is 5.37. The average Bonchev–Trinajstić information content (AvgIpc) is 2.43. The van der Waals surface area contributed by atoms with E-state index in [2.05, 4.69) is 22.2 Å². The predicted octanol–water partition coefficient (Wildman–Crippen LogP) is 1.96. The summed E-state index contributed by atoms with van der Waals surface area (Å²) in [6.07, 6.45) is 1.90. The Bertz CT molecular complexity index is 473. The summed E-state index contributed by atoms with van der Waals surface area (Å²) in [5.41, 5.74) is 0.233.